The zero-order valence-corrected chi connectivity index (χ0v) is 15.3. The van der Waals surface area contributed by atoms with Crippen molar-refractivity contribution in [2.24, 2.45) is 0 Å². The minimum absolute atomic E-state index is 0.00773. The summed E-state index contributed by atoms with van der Waals surface area (Å²) in [5.74, 6) is -1.31. The van der Waals surface area contributed by atoms with E-state index in [1.165, 1.54) is 24.3 Å². The van der Waals surface area contributed by atoms with Crippen LogP contribution in [-0.2, 0) is 11.3 Å². The highest BCUT2D eigenvalue weighted by Crippen LogP contribution is 2.24. The van der Waals surface area contributed by atoms with Crippen molar-refractivity contribution in [1.82, 2.24) is 9.78 Å². The third-order valence-electron chi connectivity index (χ3n) is 4.08. The van der Waals surface area contributed by atoms with E-state index in [2.05, 4.69) is 16.5 Å². The minimum Gasteiger partial charge on any atom is -0.319 e. The van der Waals surface area contributed by atoms with Crippen LogP contribution in [0.2, 0.25) is 0 Å². The standard InChI is InChI=1S/C22H16FN5O/c23-19-9-4-5-10-20(19)26-22(29)17(14-25)13-18-15-28(12-6-11-24)27-21(18)16-7-2-1-3-8-16/h1-5,7-10,13,15H,6,12H2,(H,26,29)/b17-13+. The predicted octanol–water partition coefficient (Wildman–Crippen LogP) is 4.15. The maximum Gasteiger partial charge on any atom is 0.266 e. The van der Waals surface area contributed by atoms with Crippen LogP contribution in [-0.4, -0.2) is 15.7 Å². The Bertz CT molecular complexity index is 1140. The Morgan fingerprint density at radius 2 is 1.86 bits per heavy atom. The zero-order chi connectivity index (χ0) is 20.6. The fourth-order valence-corrected chi connectivity index (χ4v) is 2.70. The minimum atomic E-state index is -0.721. The Labute approximate surface area is 167 Å². The summed E-state index contributed by atoms with van der Waals surface area (Å²) in [6.45, 7) is 0.382. The highest BCUT2D eigenvalue weighted by atomic mass is 19.1. The first-order valence-corrected chi connectivity index (χ1v) is 8.80. The van der Waals surface area contributed by atoms with Gasteiger partial charge in [0.1, 0.15) is 17.5 Å². The Morgan fingerprint density at radius 3 is 2.55 bits per heavy atom. The lowest BCUT2D eigenvalue weighted by atomic mass is 10.1. The summed E-state index contributed by atoms with van der Waals surface area (Å²) in [4.78, 5) is 12.5. The number of aromatic nitrogens is 2. The maximum absolute atomic E-state index is 13.8. The summed E-state index contributed by atoms with van der Waals surface area (Å²) < 4.78 is 15.4. The van der Waals surface area contributed by atoms with Crippen LogP contribution in [0.4, 0.5) is 10.1 Å². The molecule has 6 nitrogen and oxygen atoms in total. The molecule has 1 aromatic heterocycles. The number of para-hydroxylation sites is 1. The summed E-state index contributed by atoms with van der Waals surface area (Å²) in [5.41, 5.74) is 1.74. The number of hydrogen-bond acceptors (Lipinski definition) is 4. The summed E-state index contributed by atoms with van der Waals surface area (Å²) in [6, 6.07) is 18.9. The number of anilines is 1. The van der Waals surface area contributed by atoms with Gasteiger partial charge < -0.3 is 5.32 Å². The van der Waals surface area contributed by atoms with E-state index in [1.807, 2.05) is 36.4 Å². The zero-order valence-electron chi connectivity index (χ0n) is 15.3. The van der Waals surface area contributed by atoms with Gasteiger partial charge in [-0.1, -0.05) is 42.5 Å². The lowest BCUT2D eigenvalue weighted by Gasteiger charge is -2.05. The van der Waals surface area contributed by atoms with Crippen LogP contribution in [0.25, 0.3) is 17.3 Å². The number of rotatable bonds is 6. The number of nitriles is 2. The SMILES string of the molecule is N#CCCn1cc(/C=C(\C#N)C(=O)Nc2ccccc2F)c(-c2ccccc2)n1. The van der Waals surface area contributed by atoms with E-state index in [0.717, 1.165) is 5.56 Å². The van der Waals surface area contributed by atoms with Gasteiger partial charge in [0, 0.05) is 17.3 Å². The van der Waals surface area contributed by atoms with Gasteiger partial charge in [-0.05, 0) is 18.2 Å². The molecule has 7 heteroatoms. The fourth-order valence-electron chi connectivity index (χ4n) is 2.70. The van der Waals surface area contributed by atoms with Crippen molar-refractivity contribution in [3.63, 3.8) is 0 Å². The number of halogens is 1. The third-order valence-corrected chi connectivity index (χ3v) is 4.08. The van der Waals surface area contributed by atoms with E-state index >= 15 is 0 Å². The Morgan fingerprint density at radius 1 is 1.14 bits per heavy atom. The van der Waals surface area contributed by atoms with Gasteiger partial charge in [0.25, 0.3) is 5.91 Å². The first-order chi connectivity index (χ1) is 14.1. The molecule has 0 aliphatic heterocycles. The van der Waals surface area contributed by atoms with Crippen LogP contribution in [0.3, 0.4) is 0 Å². The van der Waals surface area contributed by atoms with Crippen molar-refractivity contribution in [2.75, 3.05) is 5.32 Å². The average Bonchev–Trinajstić information content (AvgIpc) is 3.15. The second kappa shape index (κ2) is 9.12. The van der Waals surface area contributed by atoms with Gasteiger partial charge in [-0.2, -0.15) is 15.6 Å². The molecule has 29 heavy (non-hydrogen) atoms. The summed E-state index contributed by atoms with van der Waals surface area (Å²) >= 11 is 0. The first-order valence-electron chi connectivity index (χ1n) is 8.80. The van der Waals surface area contributed by atoms with Gasteiger partial charge in [-0.15, -0.1) is 0 Å². The van der Waals surface area contributed by atoms with Gasteiger partial charge in [0.2, 0.25) is 0 Å². The molecule has 0 saturated heterocycles. The molecule has 0 aliphatic carbocycles. The third kappa shape index (κ3) is 4.74. The molecule has 1 heterocycles. The van der Waals surface area contributed by atoms with Crippen molar-refractivity contribution in [2.45, 2.75) is 13.0 Å². The molecule has 0 fully saturated rings. The molecule has 142 valence electrons. The van der Waals surface area contributed by atoms with Gasteiger partial charge >= 0.3 is 0 Å². The molecule has 3 aromatic rings. The molecule has 0 aliphatic rings. The van der Waals surface area contributed by atoms with E-state index in [0.29, 0.717) is 17.8 Å². The van der Waals surface area contributed by atoms with Crippen LogP contribution in [0.15, 0.2) is 66.4 Å². The molecule has 0 saturated carbocycles. The highest BCUT2D eigenvalue weighted by molar-refractivity contribution is 6.10. The summed E-state index contributed by atoms with van der Waals surface area (Å²) in [5, 5.41) is 25.2. The lowest BCUT2D eigenvalue weighted by Crippen LogP contribution is -2.14. The Hall–Kier alpha value is -4.23. The first kappa shape index (κ1) is 19.5. The van der Waals surface area contributed by atoms with E-state index < -0.39 is 11.7 Å². The molecule has 0 bridgehead atoms. The lowest BCUT2D eigenvalue weighted by molar-refractivity contribution is -0.112. The summed E-state index contributed by atoms with van der Waals surface area (Å²) in [6.07, 6.45) is 3.36. The number of benzene rings is 2. The Kier molecular flexibility index (Phi) is 6.14. The van der Waals surface area contributed by atoms with Crippen LogP contribution in [0.5, 0.6) is 0 Å². The number of amides is 1. The normalized spacial score (nSPS) is 10.8. The predicted molar refractivity (Wildman–Crippen MR) is 107 cm³/mol. The van der Waals surface area contributed by atoms with Crippen molar-refractivity contribution >= 4 is 17.7 Å². The second-order valence-electron chi connectivity index (χ2n) is 6.07. The highest BCUT2D eigenvalue weighted by Gasteiger charge is 2.15. The molecular formula is C22H16FN5O. The van der Waals surface area contributed by atoms with Crippen LogP contribution in [0.1, 0.15) is 12.0 Å². The quantitative estimate of drug-likeness (QED) is 0.509. The van der Waals surface area contributed by atoms with E-state index in [-0.39, 0.29) is 17.7 Å². The number of nitrogens with zero attached hydrogens (tertiary/aromatic N) is 4. The van der Waals surface area contributed by atoms with Crippen molar-refractivity contribution in [3.8, 4) is 23.4 Å². The van der Waals surface area contributed by atoms with E-state index in [9.17, 15) is 14.4 Å². The molecule has 2 aromatic carbocycles. The average molecular weight is 385 g/mol. The van der Waals surface area contributed by atoms with Crippen molar-refractivity contribution in [1.29, 1.82) is 10.5 Å². The molecule has 0 unspecified atom stereocenters. The van der Waals surface area contributed by atoms with Crippen molar-refractivity contribution < 1.29 is 9.18 Å². The number of carbonyl (C=O) groups is 1. The van der Waals surface area contributed by atoms with Crippen LogP contribution in [0, 0.1) is 28.5 Å². The Balaban J connectivity index is 1.97. The molecule has 1 N–H and O–H groups in total. The van der Waals surface area contributed by atoms with Gasteiger partial charge in [-0.3, -0.25) is 9.48 Å². The van der Waals surface area contributed by atoms with Crippen LogP contribution >= 0.6 is 0 Å². The second-order valence-corrected chi connectivity index (χ2v) is 6.07. The van der Waals surface area contributed by atoms with Crippen molar-refractivity contribution in [3.05, 3.63) is 77.7 Å². The van der Waals surface area contributed by atoms with E-state index in [4.69, 9.17) is 5.26 Å². The molecule has 0 atom stereocenters. The van der Waals surface area contributed by atoms with Gasteiger partial charge in [-0.25, -0.2) is 4.39 Å². The number of hydrogen-bond donors (Lipinski definition) is 1. The largest absolute Gasteiger partial charge is 0.319 e. The molecule has 1 amide bonds. The number of carbonyl (C=O) groups excluding carboxylic acids is 1. The molecule has 3 rings (SSSR count). The van der Waals surface area contributed by atoms with E-state index in [1.54, 1.807) is 16.9 Å². The summed E-state index contributed by atoms with van der Waals surface area (Å²) in [7, 11) is 0. The maximum atomic E-state index is 13.8. The number of nitrogens with one attached hydrogen (secondary N) is 1. The molecule has 0 spiro atoms. The van der Waals surface area contributed by atoms with Gasteiger partial charge in [0.15, 0.2) is 0 Å². The van der Waals surface area contributed by atoms with Crippen LogP contribution < -0.4 is 5.32 Å². The van der Waals surface area contributed by atoms with Gasteiger partial charge in [0.05, 0.1) is 30.4 Å². The molecular weight excluding hydrogens is 369 g/mol. The smallest absolute Gasteiger partial charge is 0.266 e. The monoisotopic (exact) mass is 385 g/mol. The number of aryl methyl sites for hydroxylation is 1. The molecule has 0 radical (unpaired) electrons. The fraction of sp³-hybridized carbons (Fsp3) is 0.0909. The topological polar surface area (TPSA) is 94.5 Å².